The highest BCUT2D eigenvalue weighted by Crippen LogP contribution is 2.59. The minimum atomic E-state index is -2.98. The van der Waals surface area contributed by atoms with Gasteiger partial charge in [-0.25, -0.2) is 0 Å². The van der Waals surface area contributed by atoms with Gasteiger partial charge < -0.3 is 0 Å². The van der Waals surface area contributed by atoms with Gasteiger partial charge in [-0.15, -0.1) is 0 Å². The SMILES string of the molecule is c1ccc(-c2c3cc4c5ccccc5c5cccc(c3c(-c3ccc(-c6ccc(-c7c8cc9c%10ccccc%10c%10cccc(c8c(-c8ccccc8)c8c%11cc%12c(c%13cccc(c78)c%13%11)-c7ccccc7[Si]%127c8ccccc8-c8ccccc87)c%109)cc6)cc3)c3c6cccc7c8c(cc(c23)c76)[Si](c2ccccc2)(c2ccccc2)c2ccccc2-8)c54)cc1. The molecule has 0 fully saturated rings. The third-order valence-corrected chi connectivity index (χ3v) is 39.2. The largest absolute Gasteiger partial charge is 0.182 e. The highest BCUT2D eigenvalue weighted by molar-refractivity contribution is 7.25. The van der Waals surface area contributed by atoms with Crippen molar-refractivity contribution < 1.29 is 0 Å². The zero-order chi connectivity index (χ0) is 79.1. The molecular formula is C120H68Si2. The van der Waals surface area contributed by atoms with Crippen molar-refractivity contribution in [1.82, 2.24) is 0 Å². The molecule has 3 heterocycles. The van der Waals surface area contributed by atoms with Crippen molar-refractivity contribution in [2.75, 3.05) is 0 Å². The molecular weight excluding hydrogens is 1500 g/mol. The summed E-state index contributed by atoms with van der Waals surface area (Å²) >= 11 is 0. The van der Waals surface area contributed by atoms with E-state index < -0.39 is 16.1 Å². The summed E-state index contributed by atoms with van der Waals surface area (Å²) in [6.45, 7) is 0. The Hall–Kier alpha value is -15.2. The number of fused-ring (bicyclic) bond motifs is 31. The molecule has 29 rings (SSSR count). The standard InChI is InChI=1S/C120H68Si2/c1-5-29-71(30-6-1)105-95-65-93-79-39-15-13-37-77(79)84-46-26-50-90(110(84)93)116(95)108(118-92-52-28-47-87-112(92)97(119(105)118)67-103-113(87)85-43-19-23-55-101(85)121(103,75-33-9-3-10-34-75)76-35-11-4-12-36-76)74-63-59-70(60-64-74)69-57-61-73(62-58-69)106-96-66-94-80-40-16-14-38-78(80)83-45-25-49-89(109(83)94)115(96)107(72-31-7-2-8-32-72)120-98-68-104-114(88-48-27-51-91(111(88)98)117(106)120)86-44-20-24-56-102(86)122(104)99-53-21-17-41-81(99)82-42-18-22-54-100(82)122/h1-68H. The van der Waals surface area contributed by atoms with Crippen LogP contribution in [0.15, 0.2) is 413 Å². The second kappa shape index (κ2) is 23.9. The van der Waals surface area contributed by atoms with E-state index in [4.69, 9.17) is 0 Å². The fourth-order valence-corrected chi connectivity index (χ4v) is 36.0. The lowest BCUT2D eigenvalue weighted by atomic mass is 9.83. The van der Waals surface area contributed by atoms with Crippen LogP contribution in [0.25, 0.3) is 240 Å². The molecule has 3 aliphatic rings. The number of rotatable bonds is 7. The topological polar surface area (TPSA) is 0 Å². The van der Waals surface area contributed by atoms with Crippen LogP contribution in [0, 0.1) is 0 Å². The smallest absolute Gasteiger partial charge is 0.0623 e. The Kier molecular flexibility index (Phi) is 12.9. The summed E-state index contributed by atoms with van der Waals surface area (Å²) in [6.07, 6.45) is 0. The van der Waals surface area contributed by atoms with E-state index in [9.17, 15) is 0 Å². The van der Waals surface area contributed by atoms with E-state index in [-0.39, 0.29) is 0 Å². The van der Waals surface area contributed by atoms with Gasteiger partial charge in [0.25, 0.3) is 0 Å². The van der Waals surface area contributed by atoms with E-state index in [0.29, 0.717) is 0 Å². The first-order valence-electron chi connectivity index (χ1n) is 43.0. The molecule has 0 N–H and O–H groups in total. The first kappa shape index (κ1) is 65.8. The number of benzene rings is 22. The average molecular weight is 1570 g/mol. The predicted molar refractivity (Wildman–Crippen MR) is 528 cm³/mol. The summed E-state index contributed by atoms with van der Waals surface area (Å²) in [7, 11) is -5.88. The Bertz CT molecular complexity index is 9000. The molecule has 0 aromatic heterocycles. The van der Waals surface area contributed by atoms with Gasteiger partial charge in [0.15, 0.2) is 16.1 Å². The van der Waals surface area contributed by atoms with Gasteiger partial charge in [-0.1, -0.05) is 400 Å². The van der Waals surface area contributed by atoms with Gasteiger partial charge in [0, 0.05) is 0 Å². The minimum absolute atomic E-state index is 1.17. The summed E-state index contributed by atoms with van der Waals surface area (Å²) in [5, 5.41) is 48.3. The molecule has 122 heavy (non-hydrogen) atoms. The lowest BCUT2D eigenvalue weighted by molar-refractivity contribution is 1.61. The molecule has 0 amide bonds. The third kappa shape index (κ3) is 8.04. The average Bonchev–Trinajstić information content (AvgIpc) is 1.49. The van der Waals surface area contributed by atoms with Crippen LogP contribution in [0.5, 0.6) is 0 Å². The van der Waals surface area contributed by atoms with Crippen molar-refractivity contribution in [2.24, 2.45) is 0 Å². The zero-order valence-electron chi connectivity index (χ0n) is 66.3. The van der Waals surface area contributed by atoms with Crippen LogP contribution in [0.4, 0.5) is 0 Å². The molecule has 0 saturated carbocycles. The first-order chi connectivity index (χ1) is 60.6. The first-order valence-corrected chi connectivity index (χ1v) is 47.0. The Morgan fingerprint density at radius 1 is 0.115 bits per heavy atom. The fourth-order valence-electron chi connectivity index (χ4n) is 25.1. The van der Waals surface area contributed by atoms with Gasteiger partial charge in [-0.05, 0) is 293 Å². The molecule has 556 valence electrons. The van der Waals surface area contributed by atoms with E-state index in [1.165, 1.54) is 281 Å². The van der Waals surface area contributed by atoms with E-state index in [1.807, 2.05) is 0 Å². The maximum atomic E-state index is 2.75. The van der Waals surface area contributed by atoms with E-state index in [1.54, 1.807) is 0 Å². The Morgan fingerprint density at radius 2 is 0.385 bits per heavy atom. The highest BCUT2D eigenvalue weighted by atomic mass is 28.3. The molecule has 0 unspecified atom stereocenters. The van der Waals surface area contributed by atoms with Crippen LogP contribution in [-0.2, 0) is 0 Å². The van der Waals surface area contributed by atoms with Gasteiger partial charge in [0.05, 0.1) is 0 Å². The molecule has 1 spiro atoms. The van der Waals surface area contributed by atoms with Crippen LogP contribution in [0.3, 0.4) is 0 Å². The van der Waals surface area contributed by atoms with Crippen LogP contribution >= 0.6 is 0 Å². The van der Waals surface area contributed by atoms with Crippen LogP contribution in [-0.4, -0.2) is 16.1 Å². The number of hydrogen-bond donors (Lipinski definition) is 0. The van der Waals surface area contributed by atoms with Crippen molar-refractivity contribution in [2.45, 2.75) is 0 Å². The summed E-state index contributed by atoms with van der Waals surface area (Å²) in [5.74, 6) is 0. The van der Waals surface area contributed by atoms with Gasteiger partial charge in [-0.3, -0.25) is 0 Å². The number of hydrogen-bond acceptors (Lipinski definition) is 0. The summed E-state index contributed by atoms with van der Waals surface area (Å²) < 4.78 is 0. The van der Waals surface area contributed by atoms with Gasteiger partial charge in [0.1, 0.15) is 0 Å². The molecule has 3 aliphatic heterocycles. The van der Waals surface area contributed by atoms with Gasteiger partial charge in [0.2, 0.25) is 0 Å². The van der Waals surface area contributed by atoms with Crippen LogP contribution in [0.1, 0.15) is 0 Å². The Labute approximate surface area is 704 Å². The van der Waals surface area contributed by atoms with Crippen LogP contribution in [0.2, 0.25) is 0 Å². The summed E-state index contributed by atoms with van der Waals surface area (Å²) in [6, 6.07) is 161. The lowest BCUT2D eigenvalue weighted by Crippen LogP contribution is -2.72. The third-order valence-electron chi connectivity index (χ3n) is 29.5. The van der Waals surface area contributed by atoms with Crippen molar-refractivity contribution in [3.05, 3.63) is 413 Å². The maximum absolute atomic E-state index is 2.98. The van der Waals surface area contributed by atoms with E-state index in [0.717, 1.165) is 0 Å². The molecule has 26 aromatic rings. The second-order valence-corrected chi connectivity index (χ2v) is 42.1. The molecule has 2 heteroatoms. The molecule has 0 aliphatic carbocycles. The highest BCUT2D eigenvalue weighted by Gasteiger charge is 2.55. The van der Waals surface area contributed by atoms with Crippen molar-refractivity contribution in [3.63, 3.8) is 0 Å². The normalized spacial score (nSPS) is 13.7. The van der Waals surface area contributed by atoms with Gasteiger partial charge >= 0.3 is 0 Å². The van der Waals surface area contributed by atoms with Crippen LogP contribution < -0.4 is 41.5 Å². The molecule has 26 aromatic carbocycles. The predicted octanol–water partition coefficient (Wildman–Crippen LogP) is 26.6. The Morgan fingerprint density at radius 3 is 0.828 bits per heavy atom. The molecule has 0 nitrogen and oxygen atoms in total. The minimum Gasteiger partial charge on any atom is -0.0623 e. The maximum Gasteiger partial charge on any atom is 0.182 e. The van der Waals surface area contributed by atoms with E-state index >= 15 is 0 Å². The second-order valence-electron chi connectivity index (χ2n) is 34.7. The lowest BCUT2D eigenvalue weighted by Gasteiger charge is -2.31. The van der Waals surface area contributed by atoms with Crippen molar-refractivity contribution in [1.29, 1.82) is 0 Å². The van der Waals surface area contributed by atoms with Gasteiger partial charge in [-0.2, -0.15) is 0 Å². The van der Waals surface area contributed by atoms with Crippen molar-refractivity contribution in [3.8, 4) is 89.0 Å². The summed E-state index contributed by atoms with van der Waals surface area (Å²) in [4.78, 5) is 0. The Balaban J connectivity index is 0.694. The molecule has 0 atom stereocenters. The molecule has 0 bridgehead atoms. The summed E-state index contributed by atoms with van der Waals surface area (Å²) in [5.41, 5.74) is 20.6. The van der Waals surface area contributed by atoms with E-state index in [2.05, 4.69) is 413 Å². The van der Waals surface area contributed by atoms with Crippen molar-refractivity contribution >= 4 is 208 Å². The molecule has 0 saturated heterocycles. The fraction of sp³-hybridized carbons (Fsp3) is 0. The molecule has 0 radical (unpaired) electrons. The quantitative estimate of drug-likeness (QED) is 0.110. The zero-order valence-corrected chi connectivity index (χ0v) is 68.3. The monoisotopic (exact) mass is 1560 g/mol.